The molecule has 0 spiro atoms. The van der Waals surface area contributed by atoms with E-state index < -0.39 is 14.9 Å². The van der Waals surface area contributed by atoms with Crippen LogP contribution in [0.3, 0.4) is 0 Å². The van der Waals surface area contributed by atoms with Gasteiger partial charge in [-0.2, -0.15) is 0 Å². The second-order valence-corrected chi connectivity index (χ2v) is 6.05. The van der Waals surface area contributed by atoms with Crippen LogP contribution in [0.15, 0.2) is 47.4 Å². The predicted octanol–water partition coefficient (Wildman–Crippen LogP) is 2.41. The van der Waals surface area contributed by atoms with Crippen LogP contribution >= 0.6 is 0 Å². The summed E-state index contributed by atoms with van der Waals surface area (Å²) in [4.78, 5) is 9.93. The molecule has 0 unspecified atom stereocenters. The van der Waals surface area contributed by atoms with Gasteiger partial charge in [0.1, 0.15) is 16.4 Å². The van der Waals surface area contributed by atoms with Crippen LogP contribution in [0.5, 0.6) is 11.5 Å². The topological polar surface area (TPSA) is 108 Å². The Morgan fingerprint density at radius 1 is 1.04 bits per heavy atom. The van der Waals surface area contributed by atoms with E-state index in [0.717, 1.165) is 18.2 Å². The molecule has 1 N–H and O–H groups in total. The van der Waals surface area contributed by atoms with Crippen LogP contribution in [-0.2, 0) is 10.0 Å². The molecule has 0 bridgehead atoms. The van der Waals surface area contributed by atoms with Gasteiger partial charge in [-0.3, -0.25) is 14.8 Å². The number of hydrogen-bond donors (Lipinski definition) is 1. The number of sulfonamides is 1. The van der Waals surface area contributed by atoms with Crippen molar-refractivity contribution < 1.29 is 22.8 Å². The van der Waals surface area contributed by atoms with Crippen molar-refractivity contribution in [3.63, 3.8) is 0 Å². The first-order valence-electron chi connectivity index (χ1n) is 6.37. The smallest absolute Gasteiger partial charge is 0.273 e. The first-order valence-corrected chi connectivity index (χ1v) is 7.85. The summed E-state index contributed by atoms with van der Waals surface area (Å²) in [5.74, 6) is 0.221. The molecule has 8 nitrogen and oxygen atoms in total. The second-order valence-electron chi connectivity index (χ2n) is 4.40. The summed E-state index contributed by atoms with van der Waals surface area (Å²) in [5, 5.41) is 10.8. The molecule has 0 aliphatic heterocycles. The Kier molecular flexibility index (Phi) is 4.70. The number of hydrogen-bond acceptors (Lipinski definition) is 6. The third-order valence-electron chi connectivity index (χ3n) is 3.00. The van der Waals surface area contributed by atoms with Gasteiger partial charge in [-0.15, -0.1) is 0 Å². The van der Waals surface area contributed by atoms with E-state index in [0.29, 0.717) is 5.75 Å². The zero-order chi connectivity index (χ0) is 17.0. The Morgan fingerprint density at radius 3 is 2.30 bits per heavy atom. The van der Waals surface area contributed by atoms with Crippen LogP contribution in [0.4, 0.5) is 11.4 Å². The first-order chi connectivity index (χ1) is 10.9. The van der Waals surface area contributed by atoms with Crippen molar-refractivity contribution in [1.29, 1.82) is 0 Å². The van der Waals surface area contributed by atoms with Crippen molar-refractivity contribution in [2.45, 2.75) is 4.90 Å². The SMILES string of the molecule is COc1ccccc1NS(=O)(=O)c1ccc([N+](=O)[O-])cc1OC. The van der Waals surface area contributed by atoms with Gasteiger partial charge >= 0.3 is 0 Å². The number of non-ortho nitro benzene ring substituents is 1. The van der Waals surface area contributed by atoms with Crippen molar-refractivity contribution in [1.82, 2.24) is 0 Å². The molecular formula is C14H14N2O6S. The number of benzene rings is 2. The summed E-state index contributed by atoms with van der Waals surface area (Å²) < 4.78 is 37.5. The highest BCUT2D eigenvalue weighted by Crippen LogP contribution is 2.31. The van der Waals surface area contributed by atoms with Gasteiger partial charge in [0, 0.05) is 6.07 Å². The zero-order valence-corrected chi connectivity index (χ0v) is 13.2. The molecule has 2 rings (SSSR count). The third-order valence-corrected chi connectivity index (χ3v) is 4.40. The molecule has 0 aromatic heterocycles. The number of anilines is 1. The van der Waals surface area contributed by atoms with E-state index in [1.807, 2.05) is 0 Å². The fourth-order valence-corrected chi connectivity index (χ4v) is 3.14. The first kappa shape index (κ1) is 16.6. The number of para-hydroxylation sites is 2. The maximum atomic E-state index is 12.5. The standard InChI is InChI=1S/C14H14N2O6S/c1-21-12-6-4-3-5-11(12)15-23(19,20)14-8-7-10(16(17)18)9-13(14)22-2/h3-9,15H,1-2H3. The summed E-state index contributed by atoms with van der Waals surface area (Å²) in [7, 11) is -1.36. The summed E-state index contributed by atoms with van der Waals surface area (Å²) >= 11 is 0. The van der Waals surface area contributed by atoms with Gasteiger partial charge in [-0.05, 0) is 18.2 Å². The lowest BCUT2D eigenvalue weighted by atomic mass is 10.3. The molecule has 122 valence electrons. The number of nitrogens with one attached hydrogen (secondary N) is 1. The predicted molar refractivity (Wildman–Crippen MR) is 83.5 cm³/mol. The van der Waals surface area contributed by atoms with Crippen LogP contribution in [0, 0.1) is 10.1 Å². The number of methoxy groups -OCH3 is 2. The summed E-state index contributed by atoms with van der Waals surface area (Å²) in [6.07, 6.45) is 0. The Bertz CT molecular complexity index is 835. The van der Waals surface area contributed by atoms with Crippen molar-refractivity contribution in [2.75, 3.05) is 18.9 Å². The minimum absolute atomic E-state index is 0.124. The fraction of sp³-hybridized carbons (Fsp3) is 0.143. The molecule has 0 saturated heterocycles. The molecule has 0 amide bonds. The van der Waals surface area contributed by atoms with Gasteiger partial charge in [0.2, 0.25) is 0 Å². The zero-order valence-electron chi connectivity index (χ0n) is 12.3. The van der Waals surface area contributed by atoms with E-state index in [1.165, 1.54) is 20.3 Å². The van der Waals surface area contributed by atoms with Crippen molar-refractivity contribution in [3.05, 3.63) is 52.6 Å². The Hall–Kier alpha value is -2.81. The van der Waals surface area contributed by atoms with Crippen molar-refractivity contribution in [3.8, 4) is 11.5 Å². The van der Waals surface area contributed by atoms with Gasteiger partial charge in [0.05, 0.1) is 30.9 Å². The van der Waals surface area contributed by atoms with Gasteiger partial charge < -0.3 is 9.47 Å². The molecule has 23 heavy (non-hydrogen) atoms. The molecule has 0 radical (unpaired) electrons. The van der Waals surface area contributed by atoms with Crippen LogP contribution in [-0.4, -0.2) is 27.6 Å². The van der Waals surface area contributed by atoms with Crippen molar-refractivity contribution >= 4 is 21.4 Å². The molecule has 0 atom stereocenters. The summed E-state index contributed by atoms with van der Waals surface area (Å²) in [6, 6.07) is 9.75. The van der Waals surface area contributed by atoms with Gasteiger partial charge in [0.25, 0.3) is 15.7 Å². The Balaban J connectivity index is 2.45. The molecule has 0 heterocycles. The third kappa shape index (κ3) is 3.51. The van der Waals surface area contributed by atoms with E-state index in [2.05, 4.69) is 4.72 Å². The molecule has 2 aromatic rings. The number of rotatable bonds is 6. The molecule has 0 saturated carbocycles. The Labute approximate surface area is 132 Å². The number of nitro benzene ring substituents is 1. The lowest BCUT2D eigenvalue weighted by Crippen LogP contribution is -2.14. The average Bonchev–Trinajstić information content (AvgIpc) is 2.54. The average molecular weight is 338 g/mol. The molecule has 0 aliphatic rings. The largest absolute Gasteiger partial charge is 0.495 e. The maximum absolute atomic E-state index is 12.5. The highest BCUT2D eigenvalue weighted by Gasteiger charge is 2.23. The summed E-state index contributed by atoms with van der Waals surface area (Å²) in [5.41, 5.74) is -0.0199. The van der Waals surface area contributed by atoms with Gasteiger partial charge in [-0.25, -0.2) is 8.42 Å². The van der Waals surface area contributed by atoms with E-state index >= 15 is 0 Å². The van der Waals surface area contributed by atoms with E-state index in [1.54, 1.807) is 18.2 Å². The maximum Gasteiger partial charge on any atom is 0.273 e. The fourth-order valence-electron chi connectivity index (χ4n) is 1.92. The van der Waals surface area contributed by atoms with Gasteiger partial charge in [-0.1, -0.05) is 12.1 Å². The van der Waals surface area contributed by atoms with E-state index in [-0.39, 0.29) is 22.0 Å². The van der Waals surface area contributed by atoms with Crippen LogP contribution < -0.4 is 14.2 Å². The van der Waals surface area contributed by atoms with Crippen molar-refractivity contribution in [2.24, 2.45) is 0 Å². The lowest BCUT2D eigenvalue weighted by Gasteiger charge is -2.13. The second kappa shape index (κ2) is 6.53. The molecule has 0 aliphatic carbocycles. The minimum atomic E-state index is -4.01. The minimum Gasteiger partial charge on any atom is -0.495 e. The summed E-state index contributed by atoms with van der Waals surface area (Å²) in [6.45, 7) is 0. The van der Waals surface area contributed by atoms with Gasteiger partial charge in [0.15, 0.2) is 0 Å². The van der Waals surface area contributed by atoms with Crippen LogP contribution in [0.2, 0.25) is 0 Å². The quantitative estimate of drug-likeness (QED) is 0.640. The van der Waals surface area contributed by atoms with Crippen LogP contribution in [0.1, 0.15) is 0 Å². The molecule has 0 fully saturated rings. The molecular weight excluding hydrogens is 324 g/mol. The lowest BCUT2D eigenvalue weighted by molar-refractivity contribution is -0.385. The highest BCUT2D eigenvalue weighted by molar-refractivity contribution is 7.92. The normalized spacial score (nSPS) is 10.9. The number of nitro groups is 1. The monoisotopic (exact) mass is 338 g/mol. The molecule has 9 heteroatoms. The van der Waals surface area contributed by atoms with Crippen LogP contribution in [0.25, 0.3) is 0 Å². The Morgan fingerprint density at radius 2 is 1.70 bits per heavy atom. The van der Waals surface area contributed by atoms with E-state index in [4.69, 9.17) is 9.47 Å². The number of ether oxygens (including phenoxy) is 2. The highest BCUT2D eigenvalue weighted by atomic mass is 32.2. The van der Waals surface area contributed by atoms with E-state index in [9.17, 15) is 18.5 Å². The number of nitrogens with zero attached hydrogens (tertiary/aromatic N) is 1. The molecule has 2 aromatic carbocycles.